The van der Waals surface area contributed by atoms with Crippen molar-refractivity contribution in [3.63, 3.8) is 0 Å². The lowest BCUT2D eigenvalue weighted by atomic mass is 11.0. The van der Waals surface area contributed by atoms with Crippen LogP contribution in [0.4, 0.5) is 0 Å². The highest BCUT2D eigenvalue weighted by atomic mass is 31.1. The Morgan fingerprint density at radius 1 is 1.25 bits per heavy atom. The molecule has 0 saturated heterocycles. The molecule has 0 aromatic heterocycles. The van der Waals surface area contributed by atoms with Crippen molar-refractivity contribution in [3.8, 4) is 0 Å². The van der Waals surface area contributed by atoms with Crippen molar-refractivity contribution < 1.29 is 4.43 Å². The minimum absolute atomic E-state index is 0.0637. The second kappa shape index (κ2) is 5.03. The average Bonchev–Trinajstić information content (AvgIpc) is 1.85. The van der Waals surface area contributed by atoms with Crippen LogP contribution in [-0.4, -0.2) is 20.6 Å². The van der Waals surface area contributed by atoms with Crippen LogP contribution in [0.25, 0.3) is 0 Å². The van der Waals surface area contributed by atoms with Crippen LogP contribution in [0.1, 0.15) is 13.8 Å². The molecule has 0 aromatic rings. The quantitative estimate of drug-likeness (QED) is 0.376. The topological polar surface area (TPSA) is 9.23 Å². The summed E-state index contributed by atoms with van der Waals surface area (Å²) in [5.41, 5.74) is 1.06. The standard InChI is InChI=1S/C9H21OPSi/c1-7-11(8-2)9(3)10-12(4,5)6/h3,7-8H2,1-2,4-6H3. The molecule has 3 heteroatoms. The molecule has 0 aliphatic carbocycles. The van der Waals surface area contributed by atoms with Crippen molar-refractivity contribution in [2.45, 2.75) is 33.5 Å². The van der Waals surface area contributed by atoms with E-state index in [4.69, 9.17) is 4.43 Å². The smallest absolute Gasteiger partial charge is 0.242 e. The summed E-state index contributed by atoms with van der Waals surface area (Å²) in [7, 11) is -1.46. The maximum absolute atomic E-state index is 5.85. The summed E-state index contributed by atoms with van der Waals surface area (Å²) in [6.07, 6.45) is 2.41. The van der Waals surface area contributed by atoms with E-state index in [2.05, 4.69) is 40.1 Å². The highest BCUT2D eigenvalue weighted by molar-refractivity contribution is 7.61. The fourth-order valence-electron chi connectivity index (χ4n) is 0.994. The molecule has 0 fully saturated rings. The van der Waals surface area contributed by atoms with Gasteiger partial charge in [-0.1, -0.05) is 20.4 Å². The van der Waals surface area contributed by atoms with Gasteiger partial charge < -0.3 is 4.43 Å². The Bertz CT molecular complexity index is 147. The maximum atomic E-state index is 5.85. The van der Waals surface area contributed by atoms with E-state index in [1.165, 1.54) is 12.3 Å². The maximum Gasteiger partial charge on any atom is 0.242 e. The third-order valence-electron chi connectivity index (χ3n) is 1.54. The first-order chi connectivity index (χ1) is 5.40. The monoisotopic (exact) mass is 204 g/mol. The van der Waals surface area contributed by atoms with Gasteiger partial charge in [0.15, 0.2) is 0 Å². The van der Waals surface area contributed by atoms with Crippen LogP contribution in [0.5, 0.6) is 0 Å². The Hall–Kier alpha value is 0.187. The van der Waals surface area contributed by atoms with Gasteiger partial charge in [0.2, 0.25) is 8.32 Å². The van der Waals surface area contributed by atoms with Gasteiger partial charge in [0.1, 0.15) is 0 Å². The SMILES string of the molecule is C=C(O[Si](C)(C)C)P(CC)CC. The van der Waals surface area contributed by atoms with Crippen molar-refractivity contribution in [3.05, 3.63) is 12.1 Å². The van der Waals surface area contributed by atoms with Crippen LogP contribution in [0.15, 0.2) is 12.1 Å². The molecule has 0 aliphatic heterocycles. The molecule has 1 nitrogen and oxygen atoms in total. The van der Waals surface area contributed by atoms with Gasteiger partial charge in [-0.25, -0.2) is 0 Å². The van der Waals surface area contributed by atoms with E-state index in [-0.39, 0.29) is 7.92 Å². The van der Waals surface area contributed by atoms with Crippen LogP contribution >= 0.6 is 7.92 Å². The Balaban J connectivity index is 4.02. The van der Waals surface area contributed by atoms with Crippen LogP contribution in [0, 0.1) is 0 Å². The summed E-state index contributed by atoms with van der Waals surface area (Å²) in [6, 6.07) is 0. The molecule has 0 unspecified atom stereocenters. The fourth-order valence-corrected chi connectivity index (χ4v) is 4.19. The number of hydrogen-bond acceptors (Lipinski definition) is 1. The third kappa shape index (κ3) is 4.94. The first-order valence-electron chi connectivity index (χ1n) is 4.53. The molecule has 0 bridgehead atoms. The van der Waals surface area contributed by atoms with E-state index in [0.29, 0.717) is 0 Å². The normalized spacial score (nSPS) is 11.8. The van der Waals surface area contributed by atoms with Gasteiger partial charge in [-0.15, -0.1) is 0 Å². The number of hydrogen-bond donors (Lipinski definition) is 0. The van der Waals surface area contributed by atoms with Crippen LogP contribution in [0.2, 0.25) is 19.6 Å². The van der Waals surface area contributed by atoms with Crippen molar-refractivity contribution in [2.75, 3.05) is 12.3 Å². The zero-order valence-electron chi connectivity index (χ0n) is 8.98. The van der Waals surface area contributed by atoms with Gasteiger partial charge in [-0.3, -0.25) is 0 Å². The molecule has 0 amide bonds. The largest absolute Gasteiger partial charge is 0.545 e. The van der Waals surface area contributed by atoms with Gasteiger partial charge >= 0.3 is 0 Å². The molecular formula is C9H21OPSi. The summed E-state index contributed by atoms with van der Waals surface area (Å²) in [5, 5.41) is 0. The lowest BCUT2D eigenvalue weighted by molar-refractivity contribution is 0.462. The van der Waals surface area contributed by atoms with E-state index in [9.17, 15) is 0 Å². The van der Waals surface area contributed by atoms with Crippen LogP contribution in [0.3, 0.4) is 0 Å². The Morgan fingerprint density at radius 3 is 1.92 bits per heavy atom. The lowest BCUT2D eigenvalue weighted by Gasteiger charge is -2.25. The highest BCUT2D eigenvalue weighted by Gasteiger charge is 2.19. The summed E-state index contributed by atoms with van der Waals surface area (Å²) >= 11 is 0. The lowest BCUT2D eigenvalue weighted by Crippen LogP contribution is -2.24. The second-order valence-electron chi connectivity index (χ2n) is 3.78. The van der Waals surface area contributed by atoms with Gasteiger partial charge in [0.25, 0.3) is 0 Å². The first-order valence-corrected chi connectivity index (χ1v) is 9.65. The average molecular weight is 204 g/mol. The molecule has 0 saturated carbocycles. The van der Waals surface area contributed by atoms with Gasteiger partial charge in [-0.2, -0.15) is 0 Å². The number of rotatable bonds is 5. The molecule has 0 radical (unpaired) electrons. The Morgan fingerprint density at radius 2 is 1.67 bits per heavy atom. The minimum Gasteiger partial charge on any atom is -0.545 e. The summed E-state index contributed by atoms with van der Waals surface area (Å²) in [4.78, 5) is 0. The molecule has 72 valence electrons. The zero-order chi connectivity index (χ0) is 9.78. The molecule has 0 aromatic carbocycles. The minimum atomic E-state index is -1.40. The first kappa shape index (κ1) is 12.2. The predicted octanol–water partition coefficient (Wildman–Crippen LogP) is 3.83. The van der Waals surface area contributed by atoms with Gasteiger partial charge in [-0.05, 0) is 39.9 Å². The van der Waals surface area contributed by atoms with E-state index in [1.807, 2.05) is 0 Å². The fraction of sp³-hybridized carbons (Fsp3) is 0.778. The Kier molecular flexibility index (Phi) is 5.11. The van der Waals surface area contributed by atoms with E-state index in [0.717, 1.165) is 5.50 Å². The Labute approximate surface area is 79.1 Å². The highest BCUT2D eigenvalue weighted by Crippen LogP contribution is 2.44. The van der Waals surface area contributed by atoms with E-state index in [1.54, 1.807) is 0 Å². The van der Waals surface area contributed by atoms with Crippen molar-refractivity contribution in [1.82, 2.24) is 0 Å². The molecule has 0 rings (SSSR count). The van der Waals surface area contributed by atoms with Gasteiger partial charge in [0, 0.05) is 0 Å². The van der Waals surface area contributed by atoms with Crippen molar-refractivity contribution in [1.29, 1.82) is 0 Å². The zero-order valence-corrected chi connectivity index (χ0v) is 10.9. The van der Waals surface area contributed by atoms with Crippen molar-refractivity contribution in [2.24, 2.45) is 0 Å². The molecule has 0 heterocycles. The van der Waals surface area contributed by atoms with Crippen molar-refractivity contribution >= 4 is 16.2 Å². The van der Waals surface area contributed by atoms with E-state index >= 15 is 0 Å². The molecule has 0 atom stereocenters. The molecule has 12 heavy (non-hydrogen) atoms. The molecule has 0 aliphatic rings. The molecule has 0 spiro atoms. The summed E-state index contributed by atoms with van der Waals surface area (Å²) in [5.74, 6) is 0. The third-order valence-corrected chi connectivity index (χ3v) is 4.89. The van der Waals surface area contributed by atoms with E-state index < -0.39 is 8.32 Å². The molecular weight excluding hydrogens is 183 g/mol. The molecule has 0 N–H and O–H groups in total. The summed E-state index contributed by atoms with van der Waals surface area (Å²) in [6.45, 7) is 15.1. The van der Waals surface area contributed by atoms with Crippen LogP contribution < -0.4 is 0 Å². The van der Waals surface area contributed by atoms with Gasteiger partial charge in [0.05, 0.1) is 5.50 Å². The summed E-state index contributed by atoms with van der Waals surface area (Å²) < 4.78 is 5.85. The predicted molar refractivity (Wildman–Crippen MR) is 61.6 cm³/mol. The second-order valence-corrected chi connectivity index (χ2v) is 11.1. The van der Waals surface area contributed by atoms with Crippen LogP contribution in [-0.2, 0) is 4.43 Å².